The van der Waals surface area contributed by atoms with Crippen LogP contribution in [-0.2, 0) is 4.79 Å². The zero-order valence-corrected chi connectivity index (χ0v) is 6.98. The number of carboxylic acids is 1. The summed E-state index contributed by atoms with van der Waals surface area (Å²) in [6, 6.07) is 0. The Bertz CT molecular complexity index is 256. The van der Waals surface area contributed by atoms with Gasteiger partial charge in [0.15, 0.2) is 0 Å². The first-order valence-electron chi connectivity index (χ1n) is 3.71. The molecule has 0 saturated heterocycles. The second-order valence-corrected chi connectivity index (χ2v) is 2.93. The van der Waals surface area contributed by atoms with Gasteiger partial charge in [-0.1, -0.05) is 13.8 Å². The first-order chi connectivity index (χ1) is 5.63. The van der Waals surface area contributed by atoms with E-state index in [4.69, 9.17) is 5.11 Å². The van der Waals surface area contributed by atoms with Crippen molar-refractivity contribution < 1.29 is 9.90 Å². The van der Waals surface area contributed by atoms with E-state index >= 15 is 0 Å². The van der Waals surface area contributed by atoms with E-state index in [9.17, 15) is 4.79 Å². The van der Waals surface area contributed by atoms with Crippen molar-refractivity contribution in [2.75, 3.05) is 0 Å². The molecular formula is C7H11N3O2. The lowest BCUT2D eigenvalue weighted by Crippen LogP contribution is -2.18. The molecule has 1 rings (SSSR count). The number of aliphatic carboxylic acids is 1. The molecule has 5 heteroatoms. The van der Waals surface area contributed by atoms with Crippen molar-refractivity contribution in [2.45, 2.75) is 19.8 Å². The lowest BCUT2D eigenvalue weighted by atomic mass is 9.95. The minimum absolute atomic E-state index is 0.00968. The molecule has 5 nitrogen and oxygen atoms in total. The number of carboxylic acid groups (broad SMARTS) is 1. The van der Waals surface area contributed by atoms with Gasteiger partial charge in [-0.3, -0.25) is 9.89 Å². The van der Waals surface area contributed by atoms with Gasteiger partial charge in [0.1, 0.15) is 18.1 Å². The third kappa shape index (κ3) is 1.61. The zero-order chi connectivity index (χ0) is 9.14. The van der Waals surface area contributed by atoms with Gasteiger partial charge in [0, 0.05) is 0 Å². The third-order valence-corrected chi connectivity index (χ3v) is 1.66. The molecule has 0 fully saturated rings. The van der Waals surface area contributed by atoms with Crippen LogP contribution in [0.25, 0.3) is 0 Å². The fourth-order valence-electron chi connectivity index (χ4n) is 1.08. The Morgan fingerprint density at radius 2 is 2.33 bits per heavy atom. The van der Waals surface area contributed by atoms with Crippen LogP contribution in [0.1, 0.15) is 25.6 Å². The number of hydrogen-bond acceptors (Lipinski definition) is 3. The Morgan fingerprint density at radius 3 is 2.67 bits per heavy atom. The molecule has 1 aromatic heterocycles. The lowest BCUT2D eigenvalue weighted by molar-refractivity contribution is -0.140. The van der Waals surface area contributed by atoms with Crippen LogP contribution < -0.4 is 0 Å². The molecule has 0 aliphatic heterocycles. The summed E-state index contributed by atoms with van der Waals surface area (Å²) in [4.78, 5) is 14.6. The maximum atomic E-state index is 10.8. The lowest BCUT2D eigenvalue weighted by Gasteiger charge is -2.11. The molecular weight excluding hydrogens is 158 g/mol. The molecule has 1 unspecified atom stereocenters. The van der Waals surface area contributed by atoms with Gasteiger partial charge >= 0.3 is 5.97 Å². The summed E-state index contributed by atoms with van der Waals surface area (Å²) in [5.41, 5.74) is 0. The molecule has 0 radical (unpaired) electrons. The van der Waals surface area contributed by atoms with E-state index in [1.807, 2.05) is 13.8 Å². The molecule has 0 bridgehead atoms. The summed E-state index contributed by atoms with van der Waals surface area (Å²) in [6.07, 6.45) is 1.31. The van der Waals surface area contributed by atoms with Gasteiger partial charge in [0.2, 0.25) is 0 Å². The molecule has 0 aliphatic rings. The maximum absolute atomic E-state index is 10.8. The Balaban J connectivity index is 2.88. The van der Waals surface area contributed by atoms with Crippen molar-refractivity contribution in [1.82, 2.24) is 15.2 Å². The maximum Gasteiger partial charge on any atom is 0.314 e. The number of carbonyl (C=O) groups is 1. The summed E-state index contributed by atoms with van der Waals surface area (Å²) >= 11 is 0. The summed E-state index contributed by atoms with van der Waals surface area (Å²) in [7, 11) is 0. The molecule has 0 amide bonds. The number of nitrogens with zero attached hydrogens (tertiary/aromatic N) is 2. The minimum Gasteiger partial charge on any atom is -0.481 e. The van der Waals surface area contributed by atoms with Crippen molar-refractivity contribution in [3.63, 3.8) is 0 Å². The topological polar surface area (TPSA) is 78.9 Å². The highest BCUT2D eigenvalue weighted by atomic mass is 16.4. The first-order valence-corrected chi connectivity index (χ1v) is 3.71. The Morgan fingerprint density at radius 1 is 1.67 bits per heavy atom. The van der Waals surface area contributed by atoms with Gasteiger partial charge in [-0.05, 0) is 5.92 Å². The predicted molar refractivity (Wildman–Crippen MR) is 41.6 cm³/mol. The van der Waals surface area contributed by atoms with Crippen LogP contribution in [0.4, 0.5) is 0 Å². The molecule has 66 valence electrons. The van der Waals surface area contributed by atoms with Crippen LogP contribution in [0.3, 0.4) is 0 Å². The van der Waals surface area contributed by atoms with E-state index in [1.54, 1.807) is 0 Å². The largest absolute Gasteiger partial charge is 0.481 e. The smallest absolute Gasteiger partial charge is 0.314 e. The van der Waals surface area contributed by atoms with Gasteiger partial charge < -0.3 is 5.11 Å². The van der Waals surface area contributed by atoms with E-state index < -0.39 is 11.9 Å². The van der Waals surface area contributed by atoms with Crippen molar-refractivity contribution in [1.29, 1.82) is 0 Å². The van der Waals surface area contributed by atoms with E-state index in [0.29, 0.717) is 5.82 Å². The quantitative estimate of drug-likeness (QED) is 0.695. The normalized spacial score (nSPS) is 13.2. The first kappa shape index (κ1) is 8.70. The Hall–Kier alpha value is -1.39. The van der Waals surface area contributed by atoms with Crippen molar-refractivity contribution in [3.05, 3.63) is 12.2 Å². The number of nitrogens with one attached hydrogen (secondary N) is 1. The van der Waals surface area contributed by atoms with Gasteiger partial charge in [0.05, 0.1) is 0 Å². The fraction of sp³-hybridized carbons (Fsp3) is 0.571. The van der Waals surface area contributed by atoms with E-state index in [0.717, 1.165) is 0 Å². The van der Waals surface area contributed by atoms with Crippen molar-refractivity contribution in [3.8, 4) is 0 Å². The van der Waals surface area contributed by atoms with Gasteiger partial charge in [-0.15, -0.1) is 0 Å². The fourth-order valence-corrected chi connectivity index (χ4v) is 1.08. The van der Waals surface area contributed by atoms with Crippen LogP contribution >= 0.6 is 0 Å². The SMILES string of the molecule is CC(C)C(C(=O)O)c1ncn[nH]1. The number of aromatic amines is 1. The zero-order valence-electron chi connectivity index (χ0n) is 6.98. The predicted octanol–water partition coefficient (Wildman–Crippen LogP) is 0.629. The number of aromatic nitrogens is 3. The summed E-state index contributed by atoms with van der Waals surface area (Å²) in [5, 5.41) is 15.0. The van der Waals surface area contributed by atoms with Gasteiger partial charge in [0.25, 0.3) is 0 Å². The average Bonchev–Trinajstić information content (AvgIpc) is 2.37. The van der Waals surface area contributed by atoms with Gasteiger partial charge in [-0.2, -0.15) is 5.10 Å². The van der Waals surface area contributed by atoms with E-state index in [1.165, 1.54) is 6.33 Å². The highest BCUT2D eigenvalue weighted by Gasteiger charge is 2.25. The highest BCUT2D eigenvalue weighted by Crippen LogP contribution is 2.20. The molecule has 1 atom stereocenters. The second kappa shape index (κ2) is 3.34. The number of H-pyrrole nitrogens is 1. The summed E-state index contributed by atoms with van der Waals surface area (Å²) in [5.74, 6) is -1.04. The molecule has 12 heavy (non-hydrogen) atoms. The van der Waals surface area contributed by atoms with Crippen LogP contribution in [0.5, 0.6) is 0 Å². The number of hydrogen-bond donors (Lipinski definition) is 2. The monoisotopic (exact) mass is 169 g/mol. The molecule has 0 aliphatic carbocycles. The molecule has 2 N–H and O–H groups in total. The van der Waals surface area contributed by atoms with Crippen LogP contribution in [-0.4, -0.2) is 26.3 Å². The highest BCUT2D eigenvalue weighted by molar-refractivity contribution is 5.75. The molecule has 0 saturated carbocycles. The van der Waals surface area contributed by atoms with Crippen molar-refractivity contribution >= 4 is 5.97 Å². The summed E-state index contributed by atoms with van der Waals surface area (Å²) in [6.45, 7) is 3.67. The van der Waals surface area contributed by atoms with E-state index in [2.05, 4.69) is 15.2 Å². The van der Waals surface area contributed by atoms with Gasteiger partial charge in [-0.25, -0.2) is 4.98 Å². The molecule has 1 aromatic rings. The standard InChI is InChI=1S/C7H11N3O2/c1-4(2)5(7(11)12)6-8-3-9-10-6/h3-5H,1-2H3,(H,11,12)(H,8,9,10). The van der Waals surface area contributed by atoms with Crippen molar-refractivity contribution in [2.24, 2.45) is 5.92 Å². The minimum atomic E-state index is -0.873. The van der Waals surface area contributed by atoms with E-state index in [-0.39, 0.29) is 5.92 Å². The molecule has 0 spiro atoms. The third-order valence-electron chi connectivity index (χ3n) is 1.66. The molecule has 0 aromatic carbocycles. The second-order valence-electron chi connectivity index (χ2n) is 2.93. The van der Waals surface area contributed by atoms with Crippen LogP contribution in [0.15, 0.2) is 6.33 Å². The Labute approximate surface area is 69.8 Å². The van der Waals surface area contributed by atoms with Crippen LogP contribution in [0, 0.1) is 5.92 Å². The average molecular weight is 169 g/mol. The molecule has 1 heterocycles. The Kier molecular flexibility index (Phi) is 2.42. The van der Waals surface area contributed by atoms with Crippen LogP contribution in [0.2, 0.25) is 0 Å². The summed E-state index contributed by atoms with van der Waals surface area (Å²) < 4.78 is 0. The number of rotatable bonds is 3.